The lowest BCUT2D eigenvalue weighted by atomic mass is 10.0. The molecule has 1 aliphatic heterocycles. The van der Waals surface area contributed by atoms with Crippen LogP contribution < -0.4 is 0 Å². The van der Waals surface area contributed by atoms with E-state index in [2.05, 4.69) is 0 Å². The molecule has 0 unspecified atom stereocenters. The molecular weight excluding hydrogens is 370 g/mol. The largest absolute Gasteiger partial charge is 0.478 e. The summed E-state index contributed by atoms with van der Waals surface area (Å²) in [5, 5.41) is 10.5. The molecule has 2 aromatic carbocycles. The average Bonchev–Trinajstić information content (AvgIpc) is 2.64. The van der Waals surface area contributed by atoms with E-state index in [1.54, 1.807) is 24.3 Å². The zero-order chi connectivity index (χ0) is 18.5. The quantitative estimate of drug-likeness (QED) is 0.825. The summed E-state index contributed by atoms with van der Waals surface area (Å²) in [5.74, 6) is -1.000. The smallest absolute Gasteiger partial charge is 0.335 e. The van der Waals surface area contributed by atoms with E-state index >= 15 is 0 Å². The van der Waals surface area contributed by atoms with Gasteiger partial charge in [0.25, 0.3) is 0 Å². The van der Waals surface area contributed by atoms with Gasteiger partial charge < -0.3 is 10.0 Å². The first-order valence-corrected chi connectivity index (χ1v) is 9.80. The molecule has 4 nitrogen and oxygen atoms in total. The molecule has 0 aromatic heterocycles. The second kappa shape index (κ2) is 8.60. The zero-order valence-corrected chi connectivity index (χ0v) is 15.8. The van der Waals surface area contributed by atoms with E-state index in [1.165, 1.54) is 4.90 Å². The van der Waals surface area contributed by atoms with Crippen molar-refractivity contribution in [2.45, 2.75) is 29.4 Å². The summed E-state index contributed by atoms with van der Waals surface area (Å²) in [6, 6.07) is 14.5. The van der Waals surface area contributed by atoms with E-state index in [9.17, 15) is 14.7 Å². The van der Waals surface area contributed by atoms with E-state index in [0.717, 1.165) is 17.9 Å². The first-order valence-electron chi connectivity index (χ1n) is 8.54. The highest BCUT2D eigenvalue weighted by Crippen LogP contribution is 2.31. The molecule has 1 saturated heterocycles. The van der Waals surface area contributed by atoms with Crippen molar-refractivity contribution in [3.63, 3.8) is 0 Å². The van der Waals surface area contributed by atoms with Crippen LogP contribution in [0.1, 0.15) is 28.8 Å². The van der Waals surface area contributed by atoms with Crippen molar-refractivity contribution < 1.29 is 14.7 Å². The summed E-state index contributed by atoms with van der Waals surface area (Å²) in [4.78, 5) is 26.9. The molecular formula is C20H20ClNO3S. The Bertz CT molecular complexity index is 786. The van der Waals surface area contributed by atoms with Crippen molar-refractivity contribution in [2.75, 3.05) is 13.1 Å². The van der Waals surface area contributed by atoms with Gasteiger partial charge in [-0.05, 0) is 48.7 Å². The topological polar surface area (TPSA) is 57.6 Å². The van der Waals surface area contributed by atoms with Crippen molar-refractivity contribution in [3.05, 3.63) is 64.7 Å². The summed E-state index contributed by atoms with van der Waals surface area (Å²) >= 11 is 7.74. The molecule has 2 aromatic rings. The number of hydrogen-bond acceptors (Lipinski definition) is 3. The number of aromatic carboxylic acids is 1. The lowest BCUT2D eigenvalue weighted by molar-refractivity contribution is -0.131. The van der Waals surface area contributed by atoms with E-state index in [-0.39, 0.29) is 17.9 Å². The number of carbonyl (C=O) groups is 2. The van der Waals surface area contributed by atoms with Crippen LogP contribution in [-0.4, -0.2) is 40.2 Å². The van der Waals surface area contributed by atoms with Crippen LogP contribution in [-0.2, 0) is 11.2 Å². The fourth-order valence-corrected chi connectivity index (χ4v) is 4.34. The molecule has 0 spiro atoms. The SMILES string of the molecule is O=C(O)c1ccccc1CC(=O)N1CCC(Sc2ccc(Cl)cc2)CC1. The zero-order valence-electron chi connectivity index (χ0n) is 14.2. The van der Waals surface area contributed by atoms with Crippen LogP contribution in [0.25, 0.3) is 0 Å². The maximum Gasteiger partial charge on any atom is 0.335 e. The van der Waals surface area contributed by atoms with Gasteiger partial charge in [-0.15, -0.1) is 11.8 Å². The van der Waals surface area contributed by atoms with Crippen molar-refractivity contribution in [3.8, 4) is 0 Å². The maximum absolute atomic E-state index is 12.6. The number of likely N-dealkylation sites (tertiary alicyclic amines) is 1. The van der Waals surface area contributed by atoms with Crippen LogP contribution in [0.3, 0.4) is 0 Å². The second-order valence-corrected chi connectivity index (χ2v) is 8.10. The summed E-state index contributed by atoms with van der Waals surface area (Å²) < 4.78 is 0. The van der Waals surface area contributed by atoms with Gasteiger partial charge >= 0.3 is 5.97 Å². The third-order valence-electron chi connectivity index (χ3n) is 4.50. The molecule has 3 rings (SSSR count). The molecule has 0 atom stereocenters. The second-order valence-electron chi connectivity index (χ2n) is 6.29. The Morgan fingerprint density at radius 3 is 2.38 bits per heavy atom. The van der Waals surface area contributed by atoms with Gasteiger partial charge in [-0.3, -0.25) is 4.79 Å². The molecule has 0 saturated carbocycles. The number of rotatable bonds is 5. The molecule has 1 aliphatic rings. The molecule has 0 radical (unpaired) electrons. The van der Waals surface area contributed by atoms with Gasteiger partial charge in [0, 0.05) is 28.3 Å². The van der Waals surface area contributed by atoms with Crippen LogP contribution in [0.4, 0.5) is 0 Å². The van der Waals surface area contributed by atoms with Gasteiger partial charge in [0.2, 0.25) is 5.91 Å². The van der Waals surface area contributed by atoms with Crippen LogP contribution >= 0.6 is 23.4 Å². The number of carboxylic acid groups (broad SMARTS) is 1. The first kappa shape index (κ1) is 18.8. The number of hydrogen-bond donors (Lipinski definition) is 1. The van der Waals surface area contributed by atoms with Crippen LogP contribution in [0.15, 0.2) is 53.4 Å². The van der Waals surface area contributed by atoms with E-state index in [4.69, 9.17) is 11.6 Å². The minimum Gasteiger partial charge on any atom is -0.478 e. The molecule has 1 amide bonds. The molecule has 26 heavy (non-hydrogen) atoms. The highest BCUT2D eigenvalue weighted by Gasteiger charge is 2.24. The monoisotopic (exact) mass is 389 g/mol. The van der Waals surface area contributed by atoms with Crippen molar-refractivity contribution >= 4 is 35.2 Å². The number of piperidine rings is 1. The number of benzene rings is 2. The highest BCUT2D eigenvalue weighted by atomic mass is 35.5. The van der Waals surface area contributed by atoms with E-state index in [0.29, 0.717) is 23.9 Å². The Kier molecular flexibility index (Phi) is 6.22. The molecule has 136 valence electrons. The van der Waals surface area contributed by atoms with Crippen molar-refractivity contribution in [1.29, 1.82) is 0 Å². The van der Waals surface area contributed by atoms with Gasteiger partial charge in [-0.2, -0.15) is 0 Å². The van der Waals surface area contributed by atoms with Crippen molar-refractivity contribution in [1.82, 2.24) is 4.90 Å². The number of carboxylic acids is 1. The van der Waals surface area contributed by atoms with Gasteiger partial charge in [-0.25, -0.2) is 4.79 Å². The predicted molar refractivity (Wildman–Crippen MR) is 104 cm³/mol. The van der Waals surface area contributed by atoms with Crippen molar-refractivity contribution in [2.24, 2.45) is 0 Å². The first-order chi connectivity index (χ1) is 12.5. The Morgan fingerprint density at radius 2 is 1.73 bits per heavy atom. The van der Waals surface area contributed by atoms with Crippen LogP contribution in [0, 0.1) is 0 Å². The van der Waals surface area contributed by atoms with Gasteiger partial charge in [0.15, 0.2) is 0 Å². The van der Waals surface area contributed by atoms with Gasteiger partial charge in [-0.1, -0.05) is 29.8 Å². The van der Waals surface area contributed by atoms with Crippen LogP contribution in [0.5, 0.6) is 0 Å². The Hall–Kier alpha value is -1.98. The summed E-state index contributed by atoms with van der Waals surface area (Å²) in [6.45, 7) is 1.42. The molecule has 0 bridgehead atoms. The minimum atomic E-state index is -0.994. The average molecular weight is 390 g/mol. The fourth-order valence-electron chi connectivity index (χ4n) is 3.09. The van der Waals surface area contributed by atoms with E-state index in [1.807, 2.05) is 40.9 Å². The Balaban J connectivity index is 1.54. The molecule has 0 aliphatic carbocycles. The lowest BCUT2D eigenvalue weighted by Gasteiger charge is -2.32. The predicted octanol–water partition coefficient (Wildman–Crippen LogP) is 4.36. The molecule has 1 N–H and O–H groups in total. The number of nitrogens with zero attached hydrogens (tertiary/aromatic N) is 1. The Morgan fingerprint density at radius 1 is 1.08 bits per heavy atom. The summed E-state index contributed by atoms with van der Waals surface area (Å²) in [6.07, 6.45) is 2.00. The third kappa shape index (κ3) is 4.80. The van der Waals surface area contributed by atoms with Crippen LogP contribution in [0.2, 0.25) is 5.02 Å². The summed E-state index contributed by atoms with van der Waals surface area (Å²) in [7, 11) is 0. The molecule has 1 heterocycles. The Labute approximate surface area is 162 Å². The fraction of sp³-hybridized carbons (Fsp3) is 0.300. The van der Waals surface area contributed by atoms with E-state index < -0.39 is 5.97 Å². The molecule has 1 fully saturated rings. The highest BCUT2D eigenvalue weighted by molar-refractivity contribution is 8.00. The molecule has 6 heteroatoms. The number of halogens is 1. The summed E-state index contributed by atoms with van der Waals surface area (Å²) in [5.41, 5.74) is 0.775. The number of carbonyl (C=O) groups excluding carboxylic acids is 1. The standard InChI is InChI=1S/C20H20ClNO3S/c21-15-5-7-16(8-6-15)26-17-9-11-22(12-10-17)19(23)13-14-3-1-2-4-18(14)20(24)25/h1-8,17H,9-13H2,(H,24,25). The number of thioether (sulfide) groups is 1. The van der Waals surface area contributed by atoms with Gasteiger partial charge in [0.05, 0.1) is 12.0 Å². The normalized spacial score (nSPS) is 15.0. The lowest BCUT2D eigenvalue weighted by Crippen LogP contribution is -2.40. The van der Waals surface area contributed by atoms with Gasteiger partial charge in [0.1, 0.15) is 0 Å². The third-order valence-corrected chi connectivity index (χ3v) is 6.10. The minimum absolute atomic E-state index is 0.00589. The maximum atomic E-state index is 12.6. The number of amides is 1.